The van der Waals surface area contributed by atoms with Gasteiger partial charge in [0.25, 0.3) is 0 Å². The number of rotatable bonds is 5. The van der Waals surface area contributed by atoms with Crippen molar-refractivity contribution < 1.29 is 9.59 Å². The molecule has 1 saturated heterocycles. The van der Waals surface area contributed by atoms with Crippen molar-refractivity contribution >= 4 is 24.3 Å². The molecule has 1 aliphatic rings. The first-order valence-electron chi connectivity index (χ1n) is 9.39. The number of nitrogens with two attached hydrogens (primary N) is 1. The maximum Gasteiger partial charge on any atom is 0.319 e. The summed E-state index contributed by atoms with van der Waals surface area (Å²) in [5.41, 5.74) is 8.53. The van der Waals surface area contributed by atoms with Crippen LogP contribution in [0.4, 0.5) is 4.79 Å². The molecule has 3 N–H and O–H groups in total. The Balaban J connectivity index is 0.00000364. The molecule has 1 unspecified atom stereocenters. The molecule has 1 aromatic rings. The van der Waals surface area contributed by atoms with Crippen molar-refractivity contribution in [2.45, 2.75) is 38.6 Å². The van der Waals surface area contributed by atoms with Crippen molar-refractivity contribution in [3.63, 3.8) is 0 Å². The normalized spacial score (nSPS) is 15.9. The summed E-state index contributed by atoms with van der Waals surface area (Å²) in [6.07, 6.45) is 1.40. The van der Waals surface area contributed by atoms with Gasteiger partial charge < -0.3 is 20.9 Å². The van der Waals surface area contributed by atoms with Crippen LogP contribution in [0.5, 0.6) is 0 Å². The Kier molecular flexibility index (Phi) is 9.06. The summed E-state index contributed by atoms with van der Waals surface area (Å²) in [7, 11) is 3.49. The second kappa shape index (κ2) is 10.5. The lowest BCUT2D eigenvalue weighted by Crippen LogP contribution is -2.47. The van der Waals surface area contributed by atoms with Gasteiger partial charge in [0.15, 0.2) is 0 Å². The average Bonchev–Trinajstić information content (AvgIpc) is 2.65. The van der Waals surface area contributed by atoms with Crippen LogP contribution >= 0.6 is 12.4 Å². The van der Waals surface area contributed by atoms with Gasteiger partial charge in [-0.05, 0) is 29.9 Å². The Labute approximate surface area is 168 Å². The number of nitrogens with zero attached hydrogens (tertiary/aromatic N) is 2. The Morgan fingerprint density at radius 1 is 1.15 bits per heavy atom. The number of nitrogens with one attached hydrogen (secondary N) is 1. The molecular formula is C20H33ClN4O2. The molecule has 6 nitrogen and oxygen atoms in total. The number of likely N-dealkylation sites (tertiary alicyclic amines) is 1. The minimum absolute atomic E-state index is 0. The lowest BCUT2D eigenvalue weighted by Gasteiger charge is -2.33. The predicted molar refractivity (Wildman–Crippen MR) is 111 cm³/mol. The van der Waals surface area contributed by atoms with E-state index in [1.54, 1.807) is 23.9 Å². The third-order valence-electron chi connectivity index (χ3n) is 5.05. The molecular weight excluding hydrogens is 364 g/mol. The van der Waals surface area contributed by atoms with Crippen molar-refractivity contribution in [3.05, 3.63) is 35.4 Å². The van der Waals surface area contributed by atoms with Crippen LogP contribution in [0.15, 0.2) is 24.3 Å². The summed E-state index contributed by atoms with van der Waals surface area (Å²) in [6.45, 7) is 5.99. The van der Waals surface area contributed by atoms with Gasteiger partial charge in [-0.25, -0.2) is 4.79 Å². The summed E-state index contributed by atoms with van der Waals surface area (Å²) in [6, 6.07) is 8.07. The van der Waals surface area contributed by atoms with E-state index in [1.165, 1.54) is 5.56 Å². The van der Waals surface area contributed by atoms with Gasteiger partial charge in [0.2, 0.25) is 5.91 Å². The Bertz CT molecular complexity index is 611. The monoisotopic (exact) mass is 396 g/mol. The first-order chi connectivity index (χ1) is 12.3. The Morgan fingerprint density at radius 2 is 1.67 bits per heavy atom. The van der Waals surface area contributed by atoms with Crippen molar-refractivity contribution in [3.8, 4) is 0 Å². The summed E-state index contributed by atoms with van der Waals surface area (Å²) >= 11 is 0. The molecule has 3 amide bonds. The zero-order chi connectivity index (χ0) is 19.3. The van der Waals surface area contributed by atoms with Gasteiger partial charge in [0.05, 0.1) is 0 Å². The summed E-state index contributed by atoms with van der Waals surface area (Å²) in [5, 5.41) is 2.98. The predicted octanol–water partition coefficient (Wildman–Crippen LogP) is 2.74. The summed E-state index contributed by atoms with van der Waals surface area (Å²) in [5.74, 6) is 0.484. The number of piperidine rings is 1. The molecule has 1 aromatic carbocycles. The first-order valence-corrected chi connectivity index (χ1v) is 9.39. The highest BCUT2D eigenvalue weighted by Gasteiger charge is 2.28. The van der Waals surface area contributed by atoms with E-state index in [4.69, 9.17) is 5.73 Å². The van der Waals surface area contributed by atoms with Gasteiger partial charge in [0, 0.05) is 45.7 Å². The van der Waals surface area contributed by atoms with Gasteiger partial charge in [-0.2, -0.15) is 0 Å². The van der Waals surface area contributed by atoms with Gasteiger partial charge in [-0.15, -0.1) is 12.4 Å². The molecule has 0 aliphatic carbocycles. The number of amides is 3. The van der Waals surface area contributed by atoms with Gasteiger partial charge in [0.1, 0.15) is 0 Å². The number of halogens is 1. The molecule has 0 saturated carbocycles. The minimum Gasteiger partial charge on any atom is -0.354 e. The van der Waals surface area contributed by atoms with E-state index in [2.05, 4.69) is 31.3 Å². The zero-order valence-corrected chi connectivity index (χ0v) is 17.6. The molecule has 0 bridgehead atoms. The molecule has 1 fully saturated rings. The van der Waals surface area contributed by atoms with Crippen LogP contribution < -0.4 is 11.1 Å². The van der Waals surface area contributed by atoms with Crippen molar-refractivity contribution in [1.82, 2.24) is 15.1 Å². The SMILES string of the molecule is CC(C)c1ccc(C(N)CNC(=O)C2CCN(C(=O)N(C)C)CC2)cc1.Cl. The van der Waals surface area contributed by atoms with Crippen LogP contribution in [0, 0.1) is 5.92 Å². The van der Waals surface area contributed by atoms with Gasteiger partial charge in [-0.1, -0.05) is 38.1 Å². The molecule has 0 spiro atoms. The number of benzene rings is 1. The third kappa shape index (κ3) is 6.40. The first kappa shape index (κ1) is 23.2. The number of hydrogen-bond donors (Lipinski definition) is 2. The van der Waals surface area contributed by atoms with E-state index in [-0.39, 0.29) is 36.3 Å². The number of carbonyl (C=O) groups excluding carboxylic acids is 2. The van der Waals surface area contributed by atoms with Crippen LogP contribution in [0.2, 0.25) is 0 Å². The van der Waals surface area contributed by atoms with E-state index >= 15 is 0 Å². The average molecular weight is 397 g/mol. The molecule has 1 atom stereocenters. The molecule has 27 heavy (non-hydrogen) atoms. The second-order valence-corrected chi connectivity index (χ2v) is 7.61. The van der Waals surface area contributed by atoms with Crippen LogP contribution in [-0.4, -0.2) is 55.5 Å². The summed E-state index contributed by atoms with van der Waals surface area (Å²) < 4.78 is 0. The molecule has 0 aromatic heterocycles. The lowest BCUT2D eigenvalue weighted by atomic mass is 9.95. The quantitative estimate of drug-likeness (QED) is 0.803. The number of hydrogen-bond acceptors (Lipinski definition) is 3. The second-order valence-electron chi connectivity index (χ2n) is 7.61. The topological polar surface area (TPSA) is 78.7 Å². The standard InChI is InChI=1S/C20H32N4O2.ClH/c1-14(2)15-5-7-16(8-6-15)18(21)13-22-19(25)17-9-11-24(12-10-17)20(26)23(3)4;/h5-8,14,17-18H,9-13,21H2,1-4H3,(H,22,25);1H. The van der Waals surface area contributed by atoms with Crippen LogP contribution in [0.1, 0.15) is 49.8 Å². The zero-order valence-electron chi connectivity index (χ0n) is 16.8. The minimum atomic E-state index is -0.212. The smallest absolute Gasteiger partial charge is 0.319 e. The Hall–Kier alpha value is -1.79. The van der Waals surface area contributed by atoms with Gasteiger partial charge in [-0.3, -0.25) is 4.79 Å². The maximum absolute atomic E-state index is 12.4. The molecule has 152 valence electrons. The van der Waals surface area contributed by atoms with Crippen LogP contribution in [0.3, 0.4) is 0 Å². The third-order valence-corrected chi connectivity index (χ3v) is 5.05. The fourth-order valence-electron chi connectivity index (χ4n) is 3.22. The fourth-order valence-corrected chi connectivity index (χ4v) is 3.22. The van der Waals surface area contributed by atoms with Crippen LogP contribution in [0.25, 0.3) is 0 Å². The molecule has 1 heterocycles. The number of carbonyl (C=O) groups is 2. The highest BCUT2D eigenvalue weighted by molar-refractivity contribution is 5.85. The van der Waals surface area contributed by atoms with E-state index in [9.17, 15) is 9.59 Å². The molecule has 2 rings (SSSR count). The van der Waals surface area contributed by atoms with Crippen LogP contribution in [-0.2, 0) is 4.79 Å². The maximum atomic E-state index is 12.4. The van der Waals surface area contributed by atoms with Crippen molar-refractivity contribution in [2.24, 2.45) is 11.7 Å². The van der Waals surface area contributed by atoms with E-state index in [0.717, 1.165) is 5.56 Å². The van der Waals surface area contributed by atoms with E-state index in [0.29, 0.717) is 38.4 Å². The largest absolute Gasteiger partial charge is 0.354 e. The molecule has 1 aliphatic heterocycles. The van der Waals surface area contributed by atoms with Crippen molar-refractivity contribution in [2.75, 3.05) is 33.7 Å². The highest BCUT2D eigenvalue weighted by atomic mass is 35.5. The fraction of sp³-hybridized carbons (Fsp3) is 0.600. The van der Waals surface area contributed by atoms with Crippen molar-refractivity contribution in [1.29, 1.82) is 0 Å². The lowest BCUT2D eigenvalue weighted by molar-refractivity contribution is -0.126. The molecule has 0 radical (unpaired) electrons. The number of urea groups is 1. The van der Waals surface area contributed by atoms with Gasteiger partial charge >= 0.3 is 6.03 Å². The Morgan fingerprint density at radius 3 is 2.15 bits per heavy atom. The molecule has 7 heteroatoms. The van der Waals surface area contributed by atoms with E-state index in [1.807, 2.05) is 12.1 Å². The summed E-state index contributed by atoms with van der Waals surface area (Å²) in [4.78, 5) is 27.7. The highest BCUT2D eigenvalue weighted by Crippen LogP contribution is 2.20. The van der Waals surface area contributed by atoms with E-state index < -0.39 is 0 Å².